The highest BCUT2D eigenvalue weighted by molar-refractivity contribution is 5.66. The number of rotatable bonds is 9. The second kappa shape index (κ2) is 9.77. The van der Waals surface area contributed by atoms with Crippen LogP contribution in [0.2, 0.25) is 0 Å². The van der Waals surface area contributed by atoms with Crippen molar-refractivity contribution < 1.29 is 23.8 Å². The van der Waals surface area contributed by atoms with Crippen LogP contribution in [0.25, 0.3) is 0 Å². The maximum atomic E-state index is 13.8. The van der Waals surface area contributed by atoms with Gasteiger partial charge in [-0.1, -0.05) is 31.2 Å². The molecule has 0 spiro atoms. The average molecular weight is 461 g/mol. The van der Waals surface area contributed by atoms with Crippen LogP contribution in [0.3, 0.4) is 0 Å². The van der Waals surface area contributed by atoms with Gasteiger partial charge in [-0.05, 0) is 75.3 Å². The molecule has 1 amide bonds. The maximum Gasteiger partial charge on any atom is 0.408 e. The second-order valence-corrected chi connectivity index (χ2v) is 9.96. The first-order chi connectivity index (χ1) is 15.4. The Bertz CT molecular complexity index is 965. The molecular weight excluding hydrogens is 426 g/mol. The molecule has 2 atom stereocenters. The molecule has 0 radical (unpaired) electrons. The van der Waals surface area contributed by atoms with Gasteiger partial charge in [0.15, 0.2) is 0 Å². The third kappa shape index (κ3) is 6.09. The molecule has 2 aromatic rings. The molecule has 0 aliphatic heterocycles. The first-order valence-electron chi connectivity index (χ1n) is 11.4. The molecule has 0 saturated heterocycles. The van der Waals surface area contributed by atoms with Gasteiger partial charge in [0.2, 0.25) is 0 Å². The quantitative estimate of drug-likeness (QED) is 0.500. The SMILES string of the molecule is CCc1cccc(C2(NC[C@H](O)[C@H](Cc3cc(F)cc(F)c3)N(C(=O)O)C(C)(C)C)CC2)c1. The first kappa shape index (κ1) is 25.1. The predicted octanol–water partition coefficient (Wildman–Crippen LogP) is 4.86. The normalized spacial score (nSPS) is 16.8. The number of benzene rings is 2. The molecule has 0 aromatic heterocycles. The van der Waals surface area contributed by atoms with E-state index in [0.717, 1.165) is 30.9 Å². The Labute approximate surface area is 194 Å². The lowest BCUT2D eigenvalue weighted by Gasteiger charge is -2.42. The summed E-state index contributed by atoms with van der Waals surface area (Å²) < 4.78 is 27.6. The van der Waals surface area contributed by atoms with Gasteiger partial charge in [-0.15, -0.1) is 0 Å². The topological polar surface area (TPSA) is 72.8 Å². The maximum absolute atomic E-state index is 13.8. The molecule has 2 aromatic carbocycles. The zero-order valence-corrected chi connectivity index (χ0v) is 19.7. The molecule has 33 heavy (non-hydrogen) atoms. The molecule has 1 aliphatic rings. The zero-order valence-electron chi connectivity index (χ0n) is 19.7. The van der Waals surface area contributed by atoms with E-state index in [4.69, 9.17) is 0 Å². The van der Waals surface area contributed by atoms with Crippen LogP contribution in [0.4, 0.5) is 13.6 Å². The Morgan fingerprint density at radius 1 is 1.12 bits per heavy atom. The van der Waals surface area contributed by atoms with E-state index in [1.165, 1.54) is 22.6 Å². The molecule has 0 heterocycles. The van der Waals surface area contributed by atoms with Crippen LogP contribution in [-0.4, -0.2) is 45.4 Å². The van der Waals surface area contributed by atoms with Gasteiger partial charge in [0, 0.05) is 23.7 Å². The Hall–Kier alpha value is -2.51. The monoisotopic (exact) mass is 460 g/mol. The average Bonchev–Trinajstić information content (AvgIpc) is 3.51. The van der Waals surface area contributed by atoms with E-state index in [-0.39, 0.29) is 18.5 Å². The summed E-state index contributed by atoms with van der Waals surface area (Å²) >= 11 is 0. The van der Waals surface area contributed by atoms with E-state index < -0.39 is 35.4 Å². The van der Waals surface area contributed by atoms with E-state index in [2.05, 4.69) is 30.4 Å². The summed E-state index contributed by atoms with van der Waals surface area (Å²) in [5.41, 5.74) is 1.62. The minimum Gasteiger partial charge on any atom is -0.465 e. The van der Waals surface area contributed by atoms with Crippen LogP contribution < -0.4 is 5.32 Å². The molecule has 1 fully saturated rings. The van der Waals surface area contributed by atoms with E-state index in [1.54, 1.807) is 20.8 Å². The van der Waals surface area contributed by atoms with Gasteiger partial charge in [0.1, 0.15) is 11.6 Å². The summed E-state index contributed by atoms with van der Waals surface area (Å²) in [5.74, 6) is -1.47. The van der Waals surface area contributed by atoms with Crippen LogP contribution in [-0.2, 0) is 18.4 Å². The molecule has 1 saturated carbocycles. The number of carboxylic acid groups (broad SMARTS) is 1. The van der Waals surface area contributed by atoms with Crippen molar-refractivity contribution in [1.29, 1.82) is 0 Å². The van der Waals surface area contributed by atoms with Gasteiger partial charge < -0.3 is 15.5 Å². The molecule has 180 valence electrons. The van der Waals surface area contributed by atoms with Crippen LogP contribution in [0.15, 0.2) is 42.5 Å². The number of halogens is 2. The van der Waals surface area contributed by atoms with E-state index in [0.29, 0.717) is 5.56 Å². The first-order valence-corrected chi connectivity index (χ1v) is 11.4. The van der Waals surface area contributed by atoms with Gasteiger partial charge >= 0.3 is 6.09 Å². The van der Waals surface area contributed by atoms with Gasteiger partial charge in [-0.25, -0.2) is 13.6 Å². The largest absolute Gasteiger partial charge is 0.465 e. The van der Waals surface area contributed by atoms with Crippen LogP contribution >= 0.6 is 0 Å². The summed E-state index contributed by atoms with van der Waals surface area (Å²) in [6.07, 6.45) is 0.485. The summed E-state index contributed by atoms with van der Waals surface area (Å²) in [7, 11) is 0. The number of nitrogens with zero attached hydrogens (tertiary/aromatic N) is 1. The minimum absolute atomic E-state index is 0.0145. The summed E-state index contributed by atoms with van der Waals surface area (Å²) in [6.45, 7) is 7.46. The molecule has 0 unspecified atom stereocenters. The Morgan fingerprint density at radius 2 is 1.76 bits per heavy atom. The Balaban J connectivity index is 1.84. The van der Waals surface area contributed by atoms with Crippen LogP contribution in [0, 0.1) is 11.6 Å². The fourth-order valence-electron chi connectivity index (χ4n) is 4.51. The highest BCUT2D eigenvalue weighted by Gasteiger charge is 2.45. The molecule has 0 bridgehead atoms. The molecule has 3 rings (SSSR count). The lowest BCUT2D eigenvalue weighted by Crippen LogP contribution is -2.58. The number of nitrogens with one attached hydrogen (secondary N) is 1. The van der Waals surface area contributed by atoms with Gasteiger partial charge in [0.25, 0.3) is 0 Å². The van der Waals surface area contributed by atoms with Crippen molar-refractivity contribution >= 4 is 6.09 Å². The molecule has 7 heteroatoms. The minimum atomic E-state index is -1.19. The van der Waals surface area contributed by atoms with Crippen LogP contribution in [0.5, 0.6) is 0 Å². The number of aliphatic hydroxyl groups excluding tert-OH is 1. The number of hydrogen-bond acceptors (Lipinski definition) is 3. The van der Waals surface area contributed by atoms with Crippen molar-refractivity contribution in [2.24, 2.45) is 0 Å². The third-order valence-electron chi connectivity index (χ3n) is 6.36. The highest BCUT2D eigenvalue weighted by atomic mass is 19.1. The smallest absolute Gasteiger partial charge is 0.408 e. The predicted molar refractivity (Wildman–Crippen MR) is 124 cm³/mol. The fraction of sp³-hybridized carbons (Fsp3) is 0.500. The van der Waals surface area contributed by atoms with Gasteiger partial charge in [0.05, 0.1) is 12.1 Å². The highest BCUT2D eigenvalue weighted by Crippen LogP contribution is 2.45. The molecule has 3 N–H and O–H groups in total. The number of carbonyl (C=O) groups is 1. The molecule has 1 aliphatic carbocycles. The summed E-state index contributed by atoms with van der Waals surface area (Å²) in [6, 6.07) is 10.6. The zero-order chi connectivity index (χ0) is 24.4. The van der Waals surface area contributed by atoms with Gasteiger partial charge in [-0.3, -0.25) is 4.90 Å². The second-order valence-electron chi connectivity index (χ2n) is 9.96. The molecule has 5 nitrogen and oxygen atoms in total. The Kier molecular flexibility index (Phi) is 7.44. The number of aliphatic hydroxyl groups is 1. The number of aryl methyl sites for hydroxylation is 1. The van der Waals surface area contributed by atoms with E-state index >= 15 is 0 Å². The fourth-order valence-corrected chi connectivity index (χ4v) is 4.51. The van der Waals surface area contributed by atoms with E-state index in [9.17, 15) is 23.8 Å². The Morgan fingerprint density at radius 3 is 2.27 bits per heavy atom. The van der Waals surface area contributed by atoms with Crippen molar-refractivity contribution in [3.63, 3.8) is 0 Å². The van der Waals surface area contributed by atoms with Crippen LogP contribution in [0.1, 0.15) is 57.2 Å². The number of hydrogen-bond donors (Lipinski definition) is 3. The summed E-state index contributed by atoms with van der Waals surface area (Å²) in [4.78, 5) is 13.3. The van der Waals surface area contributed by atoms with Crippen molar-refractivity contribution in [2.45, 2.75) is 76.6 Å². The van der Waals surface area contributed by atoms with Crippen molar-refractivity contribution in [3.8, 4) is 0 Å². The lowest BCUT2D eigenvalue weighted by atomic mass is 9.94. The van der Waals surface area contributed by atoms with Crippen molar-refractivity contribution in [2.75, 3.05) is 6.54 Å². The van der Waals surface area contributed by atoms with Gasteiger partial charge in [-0.2, -0.15) is 0 Å². The summed E-state index contributed by atoms with van der Waals surface area (Å²) in [5, 5.41) is 24.6. The van der Waals surface area contributed by atoms with E-state index in [1.807, 2.05) is 6.07 Å². The van der Waals surface area contributed by atoms with Crippen molar-refractivity contribution in [3.05, 3.63) is 70.8 Å². The third-order valence-corrected chi connectivity index (χ3v) is 6.36. The standard InChI is InChI=1S/C26H34F2N2O3/c1-5-17-7-6-8-19(11-17)26(9-10-26)29-16-23(31)22(30(24(32)33)25(2,3)4)14-18-12-20(27)15-21(28)13-18/h6-8,11-13,15,22-23,29,31H,5,9-10,14,16H2,1-4H3,(H,32,33)/t22-,23-/m0/s1. The lowest BCUT2D eigenvalue weighted by molar-refractivity contribution is 0.00644. The molecular formula is C26H34F2N2O3. The number of amides is 1. The van der Waals surface area contributed by atoms with Crippen molar-refractivity contribution in [1.82, 2.24) is 10.2 Å².